The zero-order valence-corrected chi connectivity index (χ0v) is 14.9. The van der Waals surface area contributed by atoms with E-state index in [1.54, 1.807) is 0 Å². The van der Waals surface area contributed by atoms with Crippen molar-refractivity contribution in [3.63, 3.8) is 0 Å². The molecule has 0 radical (unpaired) electrons. The first kappa shape index (κ1) is 18.3. The van der Waals surface area contributed by atoms with Gasteiger partial charge in [0.1, 0.15) is 17.2 Å². The maximum atomic E-state index is 12.0. The van der Waals surface area contributed by atoms with E-state index in [0.717, 1.165) is 25.7 Å². The molecule has 1 saturated carbocycles. The maximum absolute atomic E-state index is 12.0. The summed E-state index contributed by atoms with van der Waals surface area (Å²) in [6.45, 7) is 5.49. The molecule has 130 valence electrons. The summed E-state index contributed by atoms with van der Waals surface area (Å²) >= 11 is 5.94. The van der Waals surface area contributed by atoms with E-state index in [2.05, 4.69) is 20.6 Å². The van der Waals surface area contributed by atoms with Gasteiger partial charge in [-0.3, -0.25) is 0 Å². The Morgan fingerprint density at radius 3 is 2.62 bits per heavy atom. The van der Waals surface area contributed by atoms with Crippen LogP contribution in [0.25, 0.3) is 0 Å². The first-order valence-corrected chi connectivity index (χ1v) is 8.35. The second-order valence-corrected chi connectivity index (χ2v) is 7.16. The van der Waals surface area contributed by atoms with Crippen LogP contribution in [0.3, 0.4) is 0 Å². The smallest absolute Gasteiger partial charge is 0.407 e. The third-order valence-electron chi connectivity index (χ3n) is 3.65. The first-order chi connectivity index (χ1) is 11.3. The highest BCUT2D eigenvalue weighted by Gasteiger charge is 2.29. The van der Waals surface area contributed by atoms with E-state index in [-0.39, 0.29) is 22.8 Å². The average molecular weight is 352 g/mol. The quantitative estimate of drug-likeness (QED) is 0.811. The highest BCUT2D eigenvalue weighted by molar-refractivity contribution is 6.30. The van der Waals surface area contributed by atoms with Gasteiger partial charge in [0.05, 0.1) is 12.2 Å². The molecule has 2 atom stereocenters. The van der Waals surface area contributed by atoms with Crippen LogP contribution in [0.4, 0.5) is 10.7 Å². The molecule has 1 heterocycles. The fourth-order valence-electron chi connectivity index (χ4n) is 2.61. The number of ether oxygens (including phenoxy) is 1. The number of nitrogens with one attached hydrogen (secondary N) is 2. The maximum Gasteiger partial charge on any atom is 0.407 e. The van der Waals surface area contributed by atoms with Gasteiger partial charge in [0.15, 0.2) is 5.15 Å². The molecule has 1 amide bonds. The van der Waals surface area contributed by atoms with Crippen molar-refractivity contribution in [1.29, 1.82) is 5.26 Å². The van der Waals surface area contributed by atoms with Crippen LogP contribution in [0.2, 0.25) is 5.15 Å². The van der Waals surface area contributed by atoms with Crippen molar-refractivity contribution in [2.24, 2.45) is 0 Å². The molecule has 1 aliphatic rings. The molecule has 2 rings (SSSR count). The lowest BCUT2D eigenvalue weighted by atomic mass is 9.90. The van der Waals surface area contributed by atoms with Crippen molar-refractivity contribution in [1.82, 2.24) is 15.3 Å². The van der Waals surface area contributed by atoms with E-state index in [1.807, 2.05) is 26.8 Å². The van der Waals surface area contributed by atoms with Gasteiger partial charge in [-0.25, -0.2) is 9.78 Å². The number of hydrogen-bond donors (Lipinski definition) is 2. The predicted molar refractivity (Wildman–Crippen MR) is 90.8 cm³/mol. The Kier molecular flexibility index (Phi) is 5.84. The van der Waals surface area contributed by atoms with E-state index in [4.69, 9.17) is 21.6 Å². The van der Waals surface area contributed by atoms with Gasteiger partial charge >= 0.3 is 6.09 Å². The molecule has 7 nitrogen and oxygen atoms in total. The highest BCUT2D eigenvalue weighted by atomic mass is 35.5. The minimum atomic E-state index is -0.536. The second-order valence-electron chi connectivity index (χ2n) is 6.80. The van der Waals surface area contributed by atoms with Crippen molar-refractivity contribution in [3.8, 4) is 6.07 Å². The fourth-order valence-corrected chi connectivity index (χ4v) is 2.78. The van der Waals surface area contributed by atoms with E-state index < -0.39 is 11.7 Å². The monoisotopic (exact) mass is 351 g/mol. The molecule has 2 N–H and O–H groups in total. The van der Waals surface area contributed by atoms with E-state index in [1.165, 1.54) is 6.20 Å². The van der Waals surface area contributed by atoms with E-state index in [9.17, 15) is 4.79 Å². The first-order valence-electron chi connectivity index (χ1n) is 7.97. The number of rotatable bonds is 3. The van der Waals surface area contributed by atoms with Gasteiger partial charge in [-0.15, -0.1) is 0 Å². The summed E-state index contributed by atoms with van der Waals surface area (Å²) in [7, 11) is 0. The molecule has 1 aromatic heterocycles. The summed E-state index contributed by atoms with van der Waals surface area (Å²) in [5.74, 6) is 0.349. The third-order valence-corrected chi connectivity index (χ3v) is 3.93. The average Bonchev–Trinajstić information content (AvgIpc) is 2.47. The number of anilines is 1. The van der Waals surface area contributed by atoms with Crippen LogP contribution in [-0.2, 0) is 4.74 Å². The molecule has 0 aliphatic heterocycles. The third kappa shape index (κ3) is 5.24. The molecule has 0 bridgehead atoms. The van der Waals surface area contributed by atoms with Gasteiger partial charge in [-0.2, -0.15) is 10.2 Å². The van der Waals surface area contributed by atoms with Crippen molar-refractivity contribution in [2.75, 3.05) is 5.32 Å². The van der Waals surface area contributed by atoms with E-state index >= 15 is 0 Å². The number of alkyl carbamates (subject to hydrolysis) is 1. The highest BCUT2D eigenvalue weighted by Crippen LogP contribution is 2.22. The van der Waals surface area contributed by atoms with Crippen LogP contribution in [0.15, 0.2) is 6.20 Å². The normalized spacial score (nSPS) is 20.8. The second kappa shape index (κ2) is 7.67. The largest absolute Gasteiger partial charge is 0.444 e. The van der Waals surface area contributed by atoms with Gasteiger partial charge in [-0.1, -0.05) is 24.4 Å². The Labute approximate surface area is 146 Å². The lowest BCUT2D eigenvalue weighted by molar-refractivity contribution is 0.0488. The minimum Gasteiger partial charge on any atom is -0.444 e. The Bertz CT molecular complexity index is 638. The van der Waals surface area contributed by atoms with Crippen LogP contribution >= 0.6 is 11.6 Å². The Hall–Kier alpha value is -2.07. The lowest BCUT2D eigenvalue weighted by Crippen LogP contribution is -2.50. The van der Waals surface area contributed by atoms with Gasteiger partial charge in [-0.05, 0) is 33.6 Å². The van der Waals surface area contributed by atoms with Gasteiger partial charge in [0.2, 0.25) is 5.95 Å². The summed E-state index contributed by atoms with van der Waals surface area (Å²) in [4.78, 5) is 20.2. The van der Waals surface area contributed by atoms with Crippen LogP contribution in [0.1, 0.15) is 52.0 Å². The minimum absolute atomic E-state index is 0.0183. The molecule has 0 spiro atoms. The molecule has 0 unspecified atom stereocenters. The molecule has 1 aliphatic carbocycles. The Balaban J connectivity index is 2.03. The summed E-state index contributed by atoms with van der Waals surface area (Å²) in [6.07, 6.45) is 4.76. The number of nitrogens with zero attached hydrogens (tertiary/aromatic N) is 3. The van der Waals surface area contributed by atoms with Gasteiger partial charge in [0.25, 0.3) is 0 Å². The fraction of sp³-hybridized carbons (Fsp3) is 0.625. The lowest BCUT2D eigenvalue weighted by Gasteiger charge is -2.33. The summed E-state index contributed by atoms with van der Waals surface area (Å²) < 4.78 is 5.32. The predicted octanol–water partition coefficient (Wildman–Crippen LogP) is 3.25. The van der Waals surface area contributed by atoms with Crippen molar-refractivity contribution >= 4 is 23.6 Å². The number of nitriles is 1. The van der Waals surface area contributed by atoms with Crippen LogP contribution in [-0.4, -0.2) is 33.7 Å². The number of hydrogen-bond acceptors (Lipinski definition) is 6. The van der Waals surface area contributed by atoms with Gasteiger partial charge in [0, 0.05) is 6.04 Å². The number of carbonyl (C=O) groups is 1. The standard InChI is InChI=1S/C16H22ClN5O2/c1-16(2,3)24-15(23)21-12-7-5-4-6-11(12)20-14-19-9-10(8-18)13(17)22-14/h9,11-12H,4-7H2,1-3H3,(H,21,23)(H,19,20,22)/t11-,12+/m1/s1. The zero-order chi connectivity index (χ0) is 17.7. The van der Waals surface area contributed by atoms with Crippen LogP contribution < -0.4 is 10.6 Å². The number of aromatic nitrogens is 2. The Morgan fingerprint density at radius 1 is 1.38 bits per heavy atom. The molecular formula is C16H22ClN5O2. The number of amides is 1. The topological polar surface area (TPSA) is 99.9 Å². The molecule has 0 saturated heterocycles. The van der Waals surface area contributed by atoms with Gasteiger partial charge < -0.3 is 15.4 Å². The van der Waals surface area contributed by atoms with Crippen molar-refractivity contribution in [3.05, 3.63) is 16.9 Å². The SMILES string of the molecule is CC(C)(C)OC(=O)N[C@H]1CCCC[C@H]1Nc1ncc(C#N)c(Cl)n1. The molecule has 8 heteroatoms. The van der Waals surface area contributed by atoms with E-state index in [0.29, 0.717) is 5.95 Å². The van der Waals surface area contributed by atoms with Crippen molar-refractivity contribution in [2.45, 2.75) is 64.1 Å². The summed E-state index contributed by atoms with van der Waals surface area (Å²) in [5, 5.41) is 15.1. The molecular weight excluding hydrogens is 330 g/mol. The summed E-state index contributed by atoms with van der Waals surface area (Å²) in [6, 6.07) is 1.83. The Morgan fingerprint density at radius 2 is 2.04 bits per heavy atom. The number of halogens is 1. The molecule has 1 fully saturated rings. The molecule has 0 aromatic carbocycles. The zero-order valence-electron chi connectivity index (χ0n) is 14.1. The molecule has 1 aromatic rings. The van der Waals surface area contributed by atoms with Crippen LogP contribution in [0, 0.1) is 11.3 Å². The molecule has 24 heavy (non-hydrogen) atoms. The van der Waals surface area contributed by atoms with Crippen molar-refractivity contribution < 1.29 is 9.53 Å². The number of carbonyl (C=O) groups excluding carboxylic acids is 1. The summed E-state index contributed by atoms with van der Waals surface area (Å²) in [5.41, 5.74) is -0.305. The van der Waals surface area contributed by atoms with Crippen LogP contribution in [0.5, 0.6) is 0 Å².